The van der Waals surface area contributed by atoms with E-state index in [0.717, 1.165) is 31.0 Å². The highest BCUT2D eigenvalue weighted by molar-refractivity contribution is 5.05. The Bertz CT molecular complexity index is 564. The van der Waals surface area contributed by atoms with Crippen LogP contribution in [0.4, 0.5) is 0 Å². The maximum absolute atomic E-state index is 10.4. The number of hydrogen-bond acceptors (Lipinski definition) is 5. The summed E-state index contributed by atoms with van der Waals surface area (Å²) in [4.78, 5) is 2.42. The Morgan fingerprint density at radius 1 is 1.41 bits per heavy atom. The van der Waals surface area contributed by atoms with Crippen molar-refractivity contribution < 1.29 is 14.0 Å². The van der Waals surface area contributed by atoms with Crippen molar-refractivity contribution in [3.8, 4) is 0 Å². The third-order valence-corrected chi connectivity index (χ3v) is 4.40. The summed E-state index contributed by atoms with van der Waals surface area (Å²) in [7, 11) is 0. The Balaban J connectivity index is 1.67. The highest BCUT2D eigenvalue weighted by atomic mass is 16.5. The van der Waals surface area contributed by atoms with Crippen molar-refractivity contribution in [2.75, 3.05) is 6.54 Å². The van der Waals surface area contributed by atoms with Crippen LogP contribution in [0, 0.1) is 6.92 Å². The average molecular weight is 304 g/mol. The average Bonchev–Trinajstić information content (AvgIpc) is 3.12. The van der Waals surface area contributed by atoms with Gasteiger partial charge in [0.05, 0.1) is 18.5 Å². The van der Waals surface area contributed by atoms with Crippen LogP contribution in [-0.2, 0) is 6.54 Å². The van der Waals surface area contributed by atoms with Gasteiger partial charge in [-0.05, 0) is 44.9 Å². The van der Waals surface area contributed by atoms with Crippen molar-refractivity contribution in [1.29, 1.82) is 0 Å². The second-order valence-corrected chi connectivity index (χ2v) is 6.18. The number of aryl methyl sites for hydroxylation is 1. The summed E-state index contributed by atoms with van der Waals surface area (Å²) in [6.45, 7) is 3.74. The van der Waals surface area contributed by atoms with Crippen LogP contribution in [0.25, 0.3) is 0 Å². The molecule has 5 heteroatoms. The fourth-order valence-corrected chi connectivity index (χ4v) is 3.26. The summed E-state index contributed by atoms with van der Waals surface area (Å²) in [5.41, 5.74) is 0.914. The van der Waals surface area contributed by atoms with Gasteiger partial charge in [0, 0.05) is 12.1 Å². The summed E-state index contributed by atoms with van der Waals surface area (Å²) < 4.78 is 10.7. The monoisotopic (exact) mass is 304 g/mol. The van der Waals surface area contributed by atoms with Crippen molar-refractivity contribution >= 4 is 0 Å². The smallest absolute Gasteiger partial charge is 0.150 e. The topological polar surface area (TPSA) is 62.6 Å². The number of aromatic nitrogens is 1. The summed E-state index contributed by atoms with van der Waals surface area (Å²) in [5, 5.41) is 14.4. The molecule has 0 saturated carbocycles. The SMILES string of the molecule is Cc1cc(CN2CCCCC[C@H]2C[C@H](O)c2ccco2)on1. The zero-order chi connectivity index (χ0) is 15.4. The second-order valence-electron chi connectivity index (χ2n) is 6.18. The molecule has 120 valence electrons. The van der Waals surface area contributed by atoms with Crippen LogP contribution in [0.5, 0.6) is 0 Å². The lowest BCUT2D eigenvalue weighted by molar-refractivity contribution is 0.0788. The molecule has 0 aliphatic carbocycles. The van der Waals surface area contributed by atoms with Gasteiger partial charge in [0.1, 0.15) is 11.9 Å². The Labute approximate surface area is 130 Å². The van der Waals surface area contributed by atoms with Crippen molar-refractivity contribution in [2.45, 2.75) is 57.7 Å². The Morgan fingerprint density at radius 2 is 2.32 bits per heavy atom. The van der Waals surface area contributed by atoms with Crippen LogP contribution in [0.15, 0.2) is 33.4 Å². The summed E-state index contributed by atoms with van der Waals surface area (Å²) in [5.74, 6) is 1.55. The standard InChI is InChI=1S/C17H24N2O3/c1-13-10-15(22-18-13)12-19-8-4-2-3-6-14(19)11-16(20)17-7-5-9-21-17/h5,7,9-10,14,16,20H,2-4,6,8,11-12H2,1H3/t14-,16-/m0/s1. The predicted octanol–water partition coefficient (Wildman–Crippen LogP) is 3.44. The number of likely N-dealkylation sites (tertiary alicyclic amines) is 1. The first kappa shape index (κ1) is 15.3. The zero-order valence-electron chi connectivity index (χ0n) is 13.1. The molecule has 1 aliphatic heterocycles. The molecule has 0 unspecified atom stereocenters. The second kappa shape index (κ2) is 7.11. The lowest BCUT2D eigenvalue weighted by Gasteiger charge is -2.30. The maximum Gasteiger partial charge on any atom is 0.150 e. The normalized spacial score (nSPS) is 21.6. The van der Waals surface area contributed by atoms with Crippen LogP contribution >= 0.6 is 0 Å². The molecule has 1 aliphatic rings. The molecule has 0 aromatic carbocycles. The number of nitrogens with zero attached hydrogens (tertiary/aromatic N) is 2. The van der Waals surface area contributed by atoms with Gasteiger partial charge in [-0.1, -0.05) is 18.0 Å². The van der Waals surface area contributed by atoms with E-state index in [9.17, 15) is 5.11 Å². The predicted molar refractivity (Wildman–Crippen MR) is 82.2 cm³/mol. The fraction of sp³-hybridized carbons (Fsp3) is 0.588. The zero-order valence-corrected chi connectivity index (χ0v) is 13.1. The first-order valence-electron chi connectivity index (χ1n) is 8.10. The molecule has 1 N–H and O–H groups in total. The first-order valence-corrected chi connectivity index (χ1v) is 8.10. The van der Waals surface area contributed by atoms with Gasteiger partial charge < -0.3 is 14.0 Å². The van der Waals surface area contributed by atoms with Gasteiger partial charge in [-0.25, -0.2) is 0 Å². The lowest BCUT2D eigenvalue weighted by Crippen LogP contribution is -2.35. The molecule has 0 radical (unpaired) electrons. The molecule has 1 saturated heterocycles. The van der Waals surface area contributed by atoms with E-state index >= 15 is 0 Å². The van der Waals surface area contributed by atoms with Crippen molar-refractivity contribution in [1.82, 2.24) is 10.1 Å². The Kier molecular flexibility index (Phi) is 4.95. The first-order chi connectivity index (χ1) is 10.7. The van der Waals surface area contributed by atoms with Crippen LogP contribution in [-0.4, -0.2) is 27.7 Å². The number of furan rings is 1. The maximum atomic E-state index is 10.4. The number of hydrogen-bond donors (Lipinski definition) is 1. The highest BCUT2D eigenvalue weighted by Gasteiger charge is 2.26. The molecule has 0 amide bonds. The van der Waals surface area contributed by atoms with Crippen LogP contribution < -0.4 is 0 Å². The molecule has 2 atom stereocenters. The van der Waals surface area contributed by atoms with Gasteiger partial charge in [-0.3, -0.25) is 4.90 Å². The van der Waals surface area contributed by atoms with E-state index in [2.05, 4.69) is 10.1 Å². The minimum absolute atomic E-state index is 0.341. The van der Waals surface area contributed by atoms with E-state index < -0.39 is 6.10 Å². The molecule has 0 bridgehead atoms. The van der Waals surface area contributed by atoms with E-state index in [4.69, 9.17) is 8.94 Å². The van der Waals surface area contributed by atoms with Gasteiger partial charge in [0.2, 0.25) is 0 Å². The van der Waals surface area contributed by atoms with Crippen molar-refractivity contribution in [3.63, 3.8) is 0 Å². The van der Waals surface area contributed by atoms with E-state index in [1.165, 1.54) is 19.3 Å². The van der Waals surface area contributed by atoms with Gasteiger partial charge in [-0.15, -0.1) is 0 Å². The molecule has 2 aromatic rings. The number of aliphatic hydroxyl groups excluding tert-OH is 1. The van der Waals surface area contributed by atoms with E-state index in [-0.39, 0.29) is 0 Å². The Hall–Kier alpha value is -1.59. The quantitative estimate of drug-likeness (QED) is 0.916. The molecular weight excluding hydrogens is 280 g/mol. The van der Waals surface area contributed by atoms with Crippen LogP contribution in [0.2, 0.25) is 0 Å². The third kappa shape index (κ3) is 3.78. The minimum atomic E-state index is -0.544. The van der Waals surface area contributed by atoms with Gasteiger partial charge in [-0.2, -0.15) is 0 Å². The molecule has 3 rings (SSSR count). The molecule has 1 fully saturated rings. The van der Waals surface area contributed by atoms with Gasteiger partial charge >= 0.3 is 0 Å². The van der Waals surface area contributed by atoms with E-state index in [0.29, 0.717) is 18.2 Å². The molecule has 5 nitrogen and oxygen atoms in total. The Morgan fingerprint density at radius 3 is 3.05 bits per heavy atom. The molecule has 2 aromatic heterocycles. The van der Waals surface area contributed by atoms with E-state index in [1.807, 2.05) is 25.1 Å². The van der Waals surface area contributed by atoms with Gasteiger partial charge in [0.15, 0.2) is 5.76 Å². The summed E-state index contributed by atoms with van der Waals surface area (Å²) in [6.07, 6.45) is 6.52. The largest absolute Gasteiger partial charge is 0.467 e. The number of aliphatic hydroxyl groups is 1. The minimum Gasteiger partial charge on any atom is -0.467 e. The van der Waals surface area contributed by atoms with Crippen molar-refractivity contribution in [3.05, 3.63) is 41.7 Å². The third-order valence-electron chi connectivity index (χ3n) is 4.40. The van der Waals surface area contributed by atoms with Gasteiger partial charge in [0.25, 0.3) is 0 Å². The number of rotatable bonds is 5. The molecule has 0 spiro atoms. The van der Waals surface area contributed by atoms with Crippen molar-refractivity contribution in [2.24, 2.45) is 0 Å². The summed E-state index contributed by atoms with van der Waals surface area (Å²) in [6, 6.07) is 5.99. The van der Waals surface area contributed by atoms with E-state index in [1.54, 1.807) is 6.26 Å². The molecule has 22 heavy (non-hydrogen) atoms. The highest BCUT2D eigenvalue weighted by Crippen LogP contribution is 2.27. The molecular formula is C17H24N2O3. The van der Waals surface area contributed by atoms with Crippen LogP contribution in [0.3, 0.4) is 0 Å². The lowest BCUT2D eigenvalue weighted by atomic mass is 10.0. The molecule has 3 heterocycles. The fourth-order valence-electron chi connectivity index (χ4n) is 3.26. The summed E-state index contributed by atoms with van der Waals surface area (Å²) >= 11 is 0. The van der Waals surface area contributed by atoms with Crippen LogP contribution in [0.1, 0.15) is 55.4 Å².